The van der Waals surface area contributed by atoms with Crippen LogP contribution in [0.3, 0.4) is 0 Å². The first-order valence-electron chi connectivity index (χ1n) is 12.6. The van der Waals surface area contributed by atoms with Crippen LogP contribution < -0.4 is 11.1 Å². The molecule has 210 valence electrons. The molecular weight excluding hydrogens is 504 g/mol. The first-order chi connectivity index (χ1) is 17.5. The largest absolute Gasteiger partial charge is 0.427 e. The Hall–Kier alpha value is -2.41. The SMILES string of the molecule is CC.NC(CC(=O)N1CCN2C(=C(N3CCOCC3)NC2C(F)(F)F)C1)CC1=C(F)C=C(F)C(F)CC1. The molecule has 3 atom stereocenters. The van der Waals surface area contributed by atoms with Gasteiger partial charge in [0.05, 0.1) is 25.5 Å². The van der Waals surface area contributed by atoms with Crippen LogP contribution in [0.1, 0.15) is 39.5 Å². The fraction of sp³-hybridized carbons (Fsp3) is 0.708. The minimum absolute atomic E-state index is 0.0108. The summed E-state index contributed by atoms with van der Waals surface area (Å²) in [5.74, 6) is -2.08. The van der Waals surface area contributed by atoms with Crippen LogP contribution >= 0.6 is 0 Å². The molecule has 7 nitrogen and oxygen atoms in total. The van der Waals surface area contributed by atoms with Crippen molar-refractivity contribution in [3.8, 4) is 0 Å². The average Bonchev–Trinajstić information content (AvgIpc) is 3.22. The van der Waals surface area contributed by atoms with Crippen molar-refractivity contribution in [2.45, 2.75) is 64.1 Å². The van der Waals surface area contributed by atoms with Crippen LogP contribution in [0.25, 0.3) is 0 Å². The Kier molecular flexibility index (Phi) is 9.79. The molecule has 1 amide bonds. The van der Waals surface area contributed by atoms with E-state index in [0.717, 1.165) is 0 Å². The molecule has 0 bridgehead atoms. The lowest BCUT2D eigenvalue weighted by Crippen LogP contribution is -2.55. The van der Waals surface area contributed by atoms with E-state index in [1.165, 1.54) is 9.80 Å². The van der Waals surface area contributed by atoms with Gasteiger partial charge in [0.1, 0.15) is 17.5 Å². The number of carbonyl (C=O) groups excluding carboxylic acids is 1. The topological polar surface area (TPSA) is 74.1 Å². The second kappa shape index (κ2) is 12.4. The molecule has 0 spiro atoms. The first kappa shape index (κ1) is 29.2. The zero-order chi connectivity index (χ0) is 27.3. The van der Waals surface area contributed by atoms with Gasteiger partial charge in [0.2, 0.25) is 5.91 Å². The van der Waals surface area contributed by atoms with Crippen molar-refractivity contribution in [3.05, 3.63) is 34.8 Å². The summed E-state index contributed by atoms with van der Waals surface area (Å²) in [4.78, 5) is 17.4. The van der Waals surface area contributed by atoms with Crippen LogP contribution in [0.2, 0.25) is 0 Å². The lowest BCUT2D eigenvalue weighted by atomic mass is 9.99. The number of allylic oxidation sites excluding steroid dienone is 3. The molecule has 2 saturated heterocycles. The summed E-state index contributed by atoms with van der Waals surface area (Å²) >= 11 is 0. The summed E-state index contributed by atoms with van der Waals surface area (Å²) in [6.45, 7) is 5.68. The number of carbonyl (C=O) groups is 1. The number of rotatable bonds is 5. The molecule has 0 saturated carbocycles. The zero-order valence-corrected chi connectivity index (χ0v) is 21.1. The van der Waals surface area contributed by atoms with Crippen LogP contribution in [0.15, 0.2) is 34.8 Å². The molecule has 13 heteroatoms. The summed E-state index contributed by atoms with van der Waals surface area (Å²) in [6, 6.07) is -0.800. The maximum Gasteiger partial charge on any atom is 0.427 e. The number of morpholine rings is 1. The fourth-order valence-electron chi connectivity index (χ4n) is 4.85. The first-order valence-corrected chi connectivity index (χ1v) is 12.6. The van der Waals surface area contributed by atoms with E-state index in [4.69, 9.17) is 10.5 Å². The van der Waals surface area contributed by atoms with E-state index >= 15 is 0 Å². The van der Waals surface area contributed by atoms with E-state index in [1.807, 2.05) is 13.8 Å². The lowest BCUT2D eigenvalue weighted by Gasteiger charge is -2.38. The van der Waals surface area contributed by atoms with E-state index in [2.05, 4.69) is 5.32 Å². The third kappa shape index (κ3) is 6.92. The van der Waals surface area contributed by atoms with E-state index in [0.29, 0.717) is 43.9 Å². The molecule has 3 heterocycles. The maximum absolute atomic E-state index is 14.2. The second-order valence-corrected chi connectivity index (χ2v) is 9.15. The van der Waals surface area contributed by atoms with Crippen molar-refractivity contribution in [1.82, 2.24) is 20.0 Å². The summed E-state index contributed by atoms with van der Waals surface area (Å²) in [6.07, 6.45) is -8.17. The predicted octanol–water partition coefficient (Wildman–Crippen LogP) is 3.47. The van der Waals surface area contributed by atoms with Gasteiger partial charge in [-0.3, -0.25) is 4.79 Å². The Balaban J connectivity index is 0.00000186. The Labute approximate surface area is 212 Å². The van der Waals surface area contributed by atoms with E-state index in [-0.39, 0.29) is 56.8 Å². The van der Waals surface area contributed by atoms with Gasteiger partial charge < -0.3 is 30.5 Å². The Bertz CT molecular complexity index is 916. The highest BCUT2D eigenvalue weighted by Gasteiger charge is 2.51. The van der Waals surface area contributed by atoms with Crippen molar-refractivity contribution < 1.29 is 35.9 Å². The van der Waals surface area contributed by atoms with Gasteiger partial charge in [-0.1, -0.05) is 13.8 Å². The van der Waals surface area contributed by atoms with Gasteiger partial charge in [-0.25, -0.2) is 13.2 Å². The molecule has 0 aromatic carbocycles. The maximum atomic E-state index is 14.2. The molecule has 4 aliphatic rings. The number of nitrogens with two attached hydrogens (primary N) is 1. The normalized spacial score (nSPS) is 25.6. The molecule has 0 aromatic rings. The van der Waals surface area contributed by atoms with Crippen LogP contribution in [-0.2, 0) is 9.53 Å². The highest BCUT2D eigenvalue weighted by atomic mass is 19.4. The number of ether oxygens (including phenoxy) is 1. The second-order valence-electron chi connectivity index (χ2n) is 9.15. The predicted molar refractivity (Wildman–Crippen MR) is 126 cm³/mol. The summed E-state index contributed by atoms with van der Waals surface area (Å²) in [7, 11) is 0. The van der Waals surface area contributed by atoms with Gasteiger partial charge in [-0.05, 0) is 24.8 Å². The molecule has 0 radical (unpaired) electrons. The van der Waals surface area contributed by atoms with Gasteiger partial charge in [-0.2, -0.15) is 13.2 Å². The molecule has 4 rings (SSSR count). The molecule has 3 aliphatic heterocycles. The highest BCUT2D eigenvalue weighted by Crippen LogP contribution is 2.35. The van der Waals surface area contributed by atoms with Gasteiger partial charge in [0.15, 0.2) is 12.3 Å². The number of hydrogen-bond acceptors (Lipinski definition) is 6. The van der Waals surface area contributed by atoms with Crippen LogP contribution in [0.4, 0.5) is 26.3 Å². The van der Waals surface area contributed by atoms with Crippen LogP contribution in [0.5, 0.6) is 0 Å². The van der Waals surface area contributed by atoms with Crippen molar-refractivity contribution in [2.75, 3.05) is 45.9 Å². The number of fused-ring (bicyclic) bond motifs is 1. The van der Waals surface area contributed by atoms with E-state index < -0.39 is 36.2 Å². The molecular formula is C24H35F6N5O2. The van der Waals surface area contributed by atoms with Crippen molar-refractivity contribution in [3.63, 3.8) is 0 Å². The minimum atomic E-state index is -4.50. The van der Waals surface area contributed by atoms with E-state index in [1.54, 1.807) is 4.90 Å². The zero-order valence-electron chi connectivity index (χ0n) is 21.1. The van der Waals surface area contributed by atoms with Gasteiger partial charge in [0.25, 0.3) is 0 Å². The van der Waals surface area contributed by atoms with Crippen molar-refractivity contribution >= 4 is 5.91 Å². The Morgan fingerprint density at radius 2 is 1.86 bits per heavy atom. The van der Waals surface area contributed by atoms with Crippen LogP contribution in [0, 0.1) is 0 Å². The monoisotopic (exact) mass is 539 g/mol. The molecule has 3 N–H and O–H groups in total. The number of alkyl halides is 4. The van der Waals surface area contributed by atoms with Crippen molar-refractivity contribution in [1.29, 1.82) is 0 Å². The fourth-order valence-corrected chi connectivity index (χ4v) is 4.85. The quantitative estimate of drug-likeness (QED) is 0.522. The number of hydrogen-bond donors (Lipinski definition) is 2. The highest BCUT2D eigenvalue weighted by molar-refractivity contribution is 5.77. The van der Waals surface area contributed by atoms with Gasteiger partial charge in [-0.15, -0.1) is 0 Å². The van der Waals surface area contributed by atoms with Crippen molar-refractivity contribution in [2.24, 2.45) is 5.73 Å². The average molecular weight is 540 g/mol. The molecule has 3 unspecified atom stereocenters. The standard InChI is InChI=1S/C22H29F6N5O2.C2H6/c23-15-2-1-13(16(24)11-17(15)25)9-14(29)10-19(34)32-3-4-33-18(12-32)20(30-21(33)22(26,27)28)31-5-7-35-8-6-31;1-2/h11,14-15,21,30H,1-10,12,29H2;1-2H3. The molecule has 1 aliphatic carbocycles. The summed E-state index contributed by atoms with van der Waals surface area (Å²) in [5, 5.41) is 2.59. The van der Waals surface area contributed by atoms with E-state index in [9.17, 15) is 31.1 Å². The lowest BCUT2D eigenvalue weighted by molar-refractivity contribution is -0.183. The number of nitrogens with one attached hydrogen (secondary N) is 1. The van der Waals surface area contributed by atoms with Crippen LogP contribution in [-0.4, -0.2) is 91.1 Å². The minimum Gasteiger partial charge on any atom is -0.378 e. The van der Waals surface area contributed by atoms with Gasteiger partial charge in [0, 0.05) is 44.7 Å². The number of halogens is 6. The molecule has 0 aromatic heterocycles. The summed E-state index contributed by atoms with van der Waals surface area (Å²) < 4.78 is 87.5. The third-order valence-corrected chi connectivity index (χ3v) is 6.69. The Morgan fingerprint density at radius 1 is 1.19 bits per heavy atom. The summed E-state index contributed by atoms with van der Waals surface area (Å²) in [5.41, 5.74) is 6.60. The number of piperazine rings is 1. The van der Waals surface area contributed by atoms with Gasteiger partial charge >= 0.3 is 6.18 Å². The smallest absolute Gasteiger partial charge is 0.378 e. The molecule has 2 fully saturated rings. The number of nitrogens with zero attached hydrogens (tertiary/aromatic N) is 3. The third-order valence-electron chi connectivity index (χ3n) is 6.69. The molecule has 37 heavy (non-hydrogen) atoms. The Morgan fingerprint density at radius 3 is 2.51 bits per heavy atom. The number of amides is 1.